The minimum atomic E-state index is -1.53. The van der Waals surface area contributed by atoms with Crippen LogP contribution in [-0.2, 0) is 11.2 Å². The summed E-state index contributed by atoms with van der Waals surface area (Å²) in [5, 5.41) is 18.9. The lowest BCUT2D eigenvalue weighted by molar-refractivity contribution is -0.151. The maximum Gasteiger partial charge on any atom is 0.340 e. The number of nitrogens with zero attached hydrogens (tertiary/aromatic N) is 1. The minimum Gasteiger partial charge on any atom is -0.481 e. The van der Waals surface area contributed by atoms with Gasteiger partial charge in [0.25, 0.3) is 0 Å². The Kier molecular flexibility index (Phi) is 6.09. The molecule has 0 saturated heterocycles. The van der Waals surface area contributed by atoms with Crippen LogP contribution in [0.25, 0.3) is 11.1 Å². The first-order valence-electron chi connectivity index (χ1n) is 9.19. The van der Waals surface area contributed by atoms with Crippen molar-refractivity contribution in [1.82, 2.24) is 4.68 Å². The Morgan fingerprint density at radius 2 is 1.83 bits per heavy atom. The molecule has 158 valence electrons. The molecule has 0 radical (unpaired) electrons. The third-order valence-electron chi connectivity index (χ3n) is 5.13. The van der Waals surface area contributed by atoms with Crippen molar-refractivity contribution in [2.24, 2.45) is 5.41 Å². The Morgan fingerprint density at radius 1 is 1.20 bits per heavy atom. The van der Waals surface area contributed by atoms with E-state index in [1.165, 1.54) is 6.92 Å². The molecule has 0 spiro atoms. The highest BCUT2D eigenvalue weighted by atomic mass is 35.5. The van der Waals surface area contributed by atoms with Crippen molar-refractivity contribution in [3.63, 3.8) is 0 Å². The van der Waals surface area contributed by atoms with Gasteiger partial charge in [0.05, 0.1) is 17.0 Å². The van der Waals surface area contributed by atoms with Crippen LogP contribution in [0.3, 0.4) is 0 Å². The lowest BCUT2D eigenvalue weighted by atomic mass is 9.83. The SMILES string of the molecule is C[C@@](CO)(C[C@H](Cc1ccc(-c2ccccc2)c(F)c1Cl)Nn1c(=O)c1=O)C(=O)O. The van der Waals surface area contributed by atoms with Crippen LogP contribution in [-0.4, -0.2) is 33.5 Å². The molecule has 0 unspecified atom stereocenters. The van der Waals surface area contributed by atoms with Crippen LogP contribution in [0.4, 0.5) is 4.39 Å². The molecule has 2 aromatic carbocycles. The van der Waals surface area contributed by atoms with Crippen molar-refractivity contribution in [3.8, 4) is 11.1 Å². The Morgan fingerprint density at radius 3 is 2.37 bits per heavy atom. The van der Waals surface area contributed by atoms with E-state index in [0.29, 0.717) is 16.7 Å². The second-order valence-electron chi connectivity index (χ2n) is 7.47. The van der Waals surface area contributed by atoms with Gasteiger partial charge in [-0.05, 0) is 30.9 Å². The lowest BCUT2D eigenvalue weighted by Crippen LogP contribution is -2.41. The number of carbonyl (C=O) groups is 1. The number of rotatable bonds is 9. The Bertz CT molecular complexity index is 1110. The average Bonchev–Trinajstić information content (AvgIpc) is 3.30. The number of hydrogen-bond acceptors (Lipinski definition) is 5. The van der Waals surface area contributed by atoms with Gasteiger partial charge in [0.15, 0.2) is 0 Å². The molecule has 30 heavy (non-hydrogen) atoms. The Hall–Kier alpha value is -2.97. The summed E-state index contributed by atoms with van der Waals surface area (Å²) >= 11 is 6.25. The molecular formula is C21H20ClFN2O5. The summed E-state index contributed by atoms with van der Waals surface area (Å²) in [6.07, 6.45) is -0.0982. The zero-order valence-electron chi connectivity index (χ0n) is 16.1. The van der Waals surface area contributed by atoms with Crippen molar-refractivity contribution < 1.29 is 19.4 Å². The largest absolute Gasteiger partial charge is 0.481 e. The molecule has 3 N–H and O–H groups in total. The molecule has 0 aliphatic heterocycles. The van der Waals surface area contributed by atoms with Crippen LogP contribution in [0.5, 0.6) is 0 Å². The number of carboxylic acid groups (broad SMARTS) is 1. The fourth-order valence-electron chi connectivity index (χ4n) is 3.21. The van der Waals surface area contributed by atoms with Gasteiger partial charge in [-0.15, -0.1) is 0 Å². The second-order valence-corrected chi connectivity index (χ2v) is 7.85. The molecule has 0 amide bonds. The smallest absolute Gasteiger partial charge is 0.340 e. The van der Waals surface area contributed by atoms with Gasteiger partial charge in [-0.3, -0.25) is 14.4 Å². The summed E-state index contributed by atoms with van der Waals surface area (Å²) < 4.78 is 15.7. The van der Waals surface area contributed by atoms with Gasteiger partial charge in [0.2, 0.25) is 0 Å². The van der Waals surface area contributed by atoms with E-state index in [-0.39, 0.29) is 17.9 Å². The fraction of sp³-hybridized carbons (Fsp3) is 0.286. The van der Waals surface area contributed by atoms with Gasteiger partial charge in [-0.1, -0.05) is 54.1 Å². The summed E-state index contributed by atoms with van der Waals surface area (Å²) in [6, 6.07) is 11.3. The van der Waals surface area contributed by atoms with Gasteiger partial charge in [-0.25, -0.2) is 4.39 Å². The Balaban J connectivity index is 1.91. The molecule has 0 saturated carbocycles. The average molecular weight is 435 g/mol. The number of nitrogens with one attached hydrogen (secondary N) is 1. The predicted octanol–water partition coefficient (Wildman–Crippen LogP) is 2.17. The van der Waals surface area contributed by atoms with E-state index >= 15 is 0 Å². The third kappa shape index (κ3) is 4.29. The lowest BCUT2D eigenvalue weighted by Gasteiger charge is -2.28. The molecular weight excluding hydrogens is 415 g/mol. The van der Waals surface area contributed by atoms with Gasteiger partial charge in [-0.2, -0.15) is 4.68 Å². The van der Waals surface area contributed by atoms with E-state index in [9.17, 15) is 29.0 Å². The highest BCUT2D eigenvalue weighted by Gasteiger charge is 2.36. The molecule has 3 rings (SSSR count). The van der Waals surface area contributed by atoms with Gasteiger partial charge >= 0.3 is 17.1 Å². The van der Waals surface area contributed by atoms with Crippen molar-refractivity contribution in [1.29, 1.82) is 0 Å². The summed E-state index contributed by atoms with van der Waals surface area (Å²) in [6.45, 7) is 0.689. The maximum absolute atomic E-state index is 14.9. The first kappa shape index (κ1) is 21.7. The van der Waals surface area contributed by atoms with E-state index in [2.05, 4.69) is 5.43 Å². The van der Waals surface area contributed by atoms with E-state index < -0.39 is 41.0 Å². The first-order valence-corrected chi connectivity index (χ1v) is 9.57. The number of halogens is 2. The van der Waals surface area contributed by atoms with Crippen molar-refractivity contribution in [2.45, 2.75) is 25.8 Å². The third-order valence-corrected chi connectivity index (χ3v) is 5.54. The first-order chi connectivity index (χ1) is 14.2. The van der Waals surface area contributed by atoms with Gasteiger partial charge in [0.1, 0.15) is 5.82 Å². The molecule has 1 aromatic heterocycles. The van der Waals surface area contributed by atoms with Gasteiger partial charge in [0, 0.05) is 11.6 Å². The standard InChI is InChI=1S/C21H20ClFN2O5/c1-21(11-26,20(29)30)10-14(24-25-18(27)19(25)28)9-13-7-8-15(17(23)16(13)22)12-5-3-2-4-6-12/h2-8,14,24,26H,9-11H2,1H3,(H,29,30)/t14-,21-/m0/s1. The number of aliphatic hydroxyl groups excluding tert-OH is 1. The van der Waals surface area contributed by atoms with E-state index in [4.69, 9.17) is 11.6 Å². The van der Waals surface area contributed by atoms with Crippen LogP contribution < -0.4 is 16.5 Å². The van der Waals surface area contributed by atoms with E-state index in [1.807, 2.05) is 6.07 Å². The summed E-state index contributed by atoms with van der Waals surface area (Å²) in [7, 11) is 0. The van der Waals surface area contributed by atoms with E-state index in [0.717, 1.165) is 4.68 Å². The molecule has 3 aromatic rings. The number of aromatic nitrogens is 1. The van der Waals surface area contributed by atoms with Crippen molar-refractivity contribution >= 4 is 17.6 Å². The number of carboxylic acids is 1. The molecule has 0 aliphatic rings. The molecule has 0 fully saturated rings. The highest BCUT2D eigenvalue weighted by Crippen LogP contribution is 2.32. The number of benzene rings is 2. The molecule has 0 bridgehead atoms. The number of hydrogen-bond donors (Lipinski definition) is 3. The molecule has 7 nitrogen and oxygen atoms in total. The maximum atomic E-state index is 14.9. The minimum absolute atomic E-state index is 0.0325. The topological polar surface area (TPSA) is 109 Å². The van der Waals surface area contributed by atoms with Crippen LogP contribution in [0.2, 0.25) is 5.02 Å². The quantitative estimate of drug-likeness (QED) is 0.445. The molecule has 9 heteroatoms. The predicted molar refractivity (Wildman–Crippen MR) is 110 cm³/mol. The zero-order valence-corrected chi connectivity index (χ0v) is 16.8. The van der Waals surface area contributed by atoms with Crippen LogP contribution in [0.1, 0.15) is 18.9 Å². The normalized spacial score (nSPS) is 14.4. The zero-order chi connectivity index (χ0) is 22.1. The van der Waals surface area contributed by atoms with Crippen LogP contribution in [0.15, 0.2) is 52.1 Å². The fourth-order valence-corrected chi connectivity index (χ4v) is 3.46. The number of aliphatic carboxylic acids is 1. The highest BCUT2D eigenvalue weighted by molar-refractivity contribution is 6.31. The van der Waals surface area contributed by atoms with Crippen LogP contribution >= 0.6 is 11.6 Å². The summed E-state index contributed by atoms with van der Waals surface area (Å²) in [4.78, 5) is 34.3. The van der Waals surface area contributed by atoms with Crippen molar-refractivity contribution in [2.75, 3.05) is 12.0 Å². The monoisotopic (exact) mass is 434 g/mol. The van der Waals surface area contributed by atoms with Gasteiger partial charge < -0.3 is 15.6 Å². The van der Waals surface area contributed by atoms with E-state index in [1.54, 1.807) is 36.4 Å². The summed E-state index contributed by atoms with van der Waals surface area (Å²) in [5.74, 6) is -1.86. The molecule has 1 heterocycles. The van der Waals surface area contributed by atoms with Crippen molar-refractivity contribution in [3.05, 3.63) is 79.6 Å². The number of aliphatic hydroxyl groups is 1. The molecule has 0 aliphatic carbocycles. The molecule has 2 atom stereocenters. The second kappa shape index (κ2) is 8.41. The Labute approximate surface area is 176 Å². The summed E-state index contributed by atoms with van der Waals surface area (Å²) in [5.41, 5.74) is 0.958. The van der Waals surface area contributed by atoms with Crippen LogP contribution in [0, 0.1) is 11.2 Å².